The van der Waals surface area contributed by atoms with Crippen LogP contribution in [-0.2, 0) is 9.47 Å². The van der Waals surface area contributed by atoms with Crippen LogP contribution in [0.25, 0.3) is 0 Å². The number of amides is 1. The van der Waals surface area contributed by atoms with Crippen LogP contribution in [0.15, 0.2) is 0 Å². The monoisotopic (exact) mass is 326 g/mol. The van der Waals surface area contributed by atoms with E-state index in [-0.39, 0.29) is 6.09 Å². The third kappa shape index (κ3) is 6.30. The van der Waals surface area contributed by atoms with Gasteiger partial charge in [0.25, 0.3) is 0 Å². The number of carbonyl (C=O) groups excluding carboxylic acids is 1. The number of rotatable bonds is 5. The van der Waals surface area contributed by atoms with Crippen LogP contribution in [0.3, 0.4) is 0 Å². The summed E-state index contributed by atoms with van der Waals surface area (Å²) in [5.74, 6) is 0.733. The van der Waals surface area contributed by atoms with Gasteiger partial charge in [0.05, 0.1) is 0 Å². The predicted molar refractivity (Wildman–Crippen MR) is 91.6 cm³/mol. The van der Waals surface area contributed by atoms with Crippen LogP contribution in [0.4, 0.5) is 4.79 Å². The van der Waals surface area contributed by atoms with Crippen molar-refractivity contribution in [3.63, 3.8) is 0 Å². The molecule has 2 rings (SSSR count). The first kappa shape index (κ1) is 18.5. The van der Waals surface area contributed by atoms with Gasteiger partial charge in [0.2, 0.25) is 0 Å². The highest BCUT2D eigenvalue weighted by Gasteiger charge is 2.32. The molecule has 0 radical (unpaired) electrons. The van der Waals surface area contributed by atoms with E-state index < -0.39 is 5.60 Å². The molecular weight excluding hydrogens is 292 g/mol. The van der Waals surface area contributed by atoms with Gasteiger partial charge >= 0.3 is 6.09 Å². The molecule has 0 aromatic heterocycles. The Morgan fingerprint density at radius 1 is 1.30 bits per heavy atom. The summed E-state index contributed by atoms with van der Waals surface area (Å²) in [5, 5.41) is 3.65. The smallest absolute Gasteiger partial charge is 0.410 e. The van der Waals surface area contributed by atoms with Crippen molar-refractivity contribution in [2.24, 2.45) is 5.92 Å². The van der Waals surface area contributed by atoms with Crippen LogP contribution >= 0.6 is 0 Å². The molecule has 134 valence electrons. The van der Waals surface area contributed by atoms with Gasteiger partial charge in [0, 0.05) is 31.8 Å². The summed E-state index contributed by atoms with van der Waals surface area (Å²) in [6, 6.07) is 0.730. The van der Waals surface area contributed by atoms with E-state index in [0.717, 1.165) is 64.3 Å². The summed E-state index contributed by atoms with van der Waals surface area (Å²) >= 11 is 0. The Morgan fingerprint density at radius 3 is 2.65 bits per heavy atom. The van der Waals surface area contributed by atoms with Gasteiger partial charge in [-0.15, -0.1) is 0 Å². The maximum atomic E-state index is 12.3. The van der Waals surface area contributed by atoms with E-state index in [4.69, 9.17) is 9.47 Å². The minimum Gasteiger partial charge on any atom is -0.444 e. The number of nitrogens with one attached hydrogen (secondary N) is 1. The third-order valence-electron chi connectivity index (χ3n) is 4.73. The van der Waals surface area contributed by atoms with E-state index in [1.165, 1.54) is 0 Å². The molecule has 0 spiro atoms. The number of likely N-dealkylation sites (tertiary alicyclic amines) is 1. The summed E-state index contributed by atoms with van der Waals surface area (Å²) in [6.45, 7) is 11.7. The summed E-state index contributed by atoms with van der Waals surface area (Å²) in [5.41, 5.74) is -0.420. The first-order valence-electron chi connectivity index (χ1n) is 9.16. The number of nitrogens with zero attached hydrogens (tertiary/aromatic N) is 1. The summed E-state index contributed by atoms with van der Waals surface area (Å²) < 4.78 is 10.9. The second-order valence-electron chi connectivity index (χ2n) is 8.07. The second kappa shape index (κ2) is 8.34. The molecule has 0 aromatic carbocycles. The zero-order valence-corrected chi connectivity index (χ0v) is 15.3. The van der Waals surface area contributed by atoms with Gasteiger partial charge in [-0.1, -0.05) is 0 Å². The van der Waals surface area contributed by atoms with Crippen molar-refractivity contribution in [1.29, 1.82) is 0 Å². The summed E-state index contributed by atoms with van der Waals surface area (Å²) in [7, 11) is 0. The Morgan fingerprint density at radius 2 is 2.00 bits per heavy atom. The molecule has 2 heterocycles. The van der Waals surface area contributed by atoms with E-state index in [2.05, 4.69) is 12.2 Å². The van der Waals surface area contributed by atoms with E-state index >= 15 is 0 Å². The summed E-state index contributed by atoms with van der Waals surface area (Å²) in [4.78, 5) is 14.3. The molecular formula is C18H34N2O3. The molecule has 5 nitrogen and oxygen atoms in total. The molecule has 1 N–H and O–H groups in total. The van der Waals surface area contributed by atoms with Gasteiger partial charge in [-0.25, -0.2) is 4.79 Å². The molecule has 2 atom stereocenters. The fraction of sp³-hybridized carbons (Fsp3) is 0.944. The molecule has 0 bridgehead atoms. The van der Waals surface area contributed by atoms with Crippen molar-refractivity contribution >= 4 is 6.09 Å². The molecule has 2 unspecified atom stereocenters. The van der Waals surface area contributed by atoms with Gasteiger partial charge in [-0.05, 0) is 72.3 Å². The molecule has 2 aliphatic rings. The summed E-state index contributed by atoms with van der Waals surface area (Å²) in [6.07, 6.45) is 5.33. The van der Waals surface area contributed by atoms with Gasteiger partial charge in [0.15, 0.2) is 0 Å². The highest BCUT2D eigenvalue weighted by molar-refractivity contribution is 5.68. The number of hydrogen-bond acceptors (Lipinski definition) is 4. The molecule has 1 amide bonds. The molecule has 0 aromatic rings. The van der Waals surface area contributed by atoms with Crippen molar-refractivity contribution in [2.45, 2.75) is 77.5 Å². The van der Waals surface area contributed by atoms with Crippen LogP contribution in [0.2, 0.25) is 0 Å². The largest absolute Gasteiger partial charge is 0.444 e. The third-order valence-corrected chi connectivity index (χ3v) is 4.73. The Kier molecular flexibility index (Phi) is 6.72. The Bertz CT molecular complexity index is 375. The van der Waals surface area contributed by atoms with Crippen LogP contribution in [-0.4, -0.2) is 55.0 Å². The van der Waals surface area contributed by atoms with Crippen LogP contribution < -0.4 is 5.32 Å². The Hall–Kier alpha value is -0.810. The SMILES string of the molecule is CC(CC1CCCN1C(=O)OC(C)(C)C)NCC1CCOCC1. The van der Waals surface area contributed by atoms with Crippen molar-refractivity contribution in [1.82, 2.24) is 10.2 Å². The lowest BCUT2D eigenvalue weighted by Crippen LogP contribution is -2.43. The first-order valence-corrected chi connectivity index (χ1v) is 9.16. The average molecular weight is 326 g/mol. The maximum absolute atomic E-state index is 12.3. The topological polar surface area (TPSA) is 50.8 Å². The predicted octanol–water partition coefficient (Wildman–Crippen LogP) is 3.18. The fourth-order valence-corrected chi connectivity index (χ4v) is 3.45. The highest BCUT2D eigenvalue weighted by Crippen LogP contribution is 2.24. The molecule has 0 saturated carbocycles. The zero-order chi connectivity index (χ0) is 16.9. The highest BCUT2D eigenvalue weighted by atomic mass is 16.6. The van der Waals surface area contributed by atoms with Gasteiger partial charge in [0.1, 0.15) is 5.60 Å². The molecule has 5 heteroatoms. The molecule has 23 heavy (non-hydrogen) atoms. The van der Waals surface area contributed by atoms with Crippen molar-refractivity contribution in [2.75, 3.05) is 26.3 Å². The van der Waals surface area contributed by atoms with Crippen LogP contribution in [0, 0.1) is 5.92 Å². The van der Waals surface area contributed by atoms with E-state index in [0.29, 0.717) is 12.1 Å². The standard InChI is InChI=1S/C18H34N2O3/c1-14(19-13-15-7-10-22-11-8-15)12-16-6-5-9-20(16)17(21)23-18(2,3)4/h14-16,19H,5-13H2,1-4H3. The average Bonchev–Trinajstić information content (AvgIpc) is 2.93. The lowest BCUT2D eigenvalue weighted by molar-refractivity contribution is 0.0213. The van der Waals surface area contributed by atoms with Crippen molar-refractivity contribution in [3.8, 4) is 0 Å². The quantitative estimate of drug-likeness (QED) is 0.843. The van der Waals surface area contributed by atoms with Crippen molar-refractivity contribution in [3.05, 3.63) is 0 Å². The van der Waals surface area contributed by atoms with Gasteiger partial charge in [-0.3, -0.25) is 0 Å². The molecule has 2 saturated heterocycles. The maximum Gasteiger partial charge on any atom is 0.410 e. The van der Waals surface area contributed by atoms with Gasteiger partial charge in [-0.2, -0.15) is 0 Å². The van der Waals surface area contributed by atoms with E-state index in [1.54, 1.807) is 0 Å². The molecule has 2 fully saturated rings. The number of ether oxygens (including phenoxy) is 2. The number of hydrogen-bond donors (Lipinski definition) is 1. The fourth-order valence-electron chi connectivity index (χ4n) is 3.45. The van der Waals surface area contributed by atoms with Crippen LogP contribution in [0.5, 0.6) is 0 Å². The lowest BCUT2D eigenvalue weighted by atomic mass is 9.99. The van der Waals surface area contributed by atoms with E-state index in [9.17, 15) is 4.79 Å². The second-order valence-corrected chi connectivity index (χ2v) is 8.07. The molecule has 2 aliphatic heterocycles. The van der Waals surface area contributed by atoms with Crippen LogP contribution in [0.1, 0.15) is 59.8 Å². The normalized spacial score (nSPS) is 24.7. The van der Waals surface area contributed by atoms with E-state index in [1.807, 2.05) is 25.7 Å². The zero-order valence-electron chi connectivity index (χ0n) is 15.3. The van der Waals surface area contributed by atoms with Gasteiger partial charge < -0.3 is 19.7 Å². The first-order chi connectivity index (χ1) is 10.8. The van der Waals surface area contributed by atoms with Crippen molar-refractivity contribution < 1.29 is 14.3 Å². The lowest BCUT2D eigenvalue weighted by Gasteiger charge is -2.31. The number of carbonyl (C=O) groups is 1. The Labute approximate surface area is 141 Å². The molecule has 0 aliphatic carbocycles. The minimum absolute atomic E-state index is 0.156. The minimum atomic E-state index is -0.420. The Balaban J connectivity index is 1.75.